The third-order valence-electron chi connectivity index (χ3n) is 1.96. The zero-order valence-corrected chi connectivity index (χ0v) is 9.55. The fraction of sp³-hybridized carbons (Fsp3) is 0. The summed E-state index contributed by atoms with van der Waals surface area (Å²) in [5.74, 6) is -1.00. The summed E-state index contributed by atoms with van der Waals surface area (Å²) in [4.78, 5) is 10.7. The van der Waals surface area contributed by atoms with E-state index in [-0.39, 0.29) is 11.4 Å². The number of rotatable bonds is 2. The molecule has 0 saturated carbocycles. The third kappa shape index (κ3) is 1.92. The van der Waals surface area contributed by atoms with Crippen LogP contribution in [0.4, 0.5) is 0 Å². The minimum absolute atomic E-state index is 0.0600. The Labute approximate surface area is 99.1 Å². The number of aromatic hydroxyl groups is 1. The lowest BCUT2D eigenvalue weighted by Gasteiger charge is -2.02. The highest BCUT2D eigenvalue weighted by Gasteiger charge is 2.12. The zero-order chi connectivity index (χ0) is 11.7. The van der Waals surface area contributed by atoms with Gasteiger partial charge in [-0.1, -0.05) is 6.07 Å². The van der Waals surface area contributed by atoms with Gasteiger partial charge in [-0.05, 0) is 28.1 Å². The molecule has 0 amide bonds. The molecule has 1 heterocycles. The number of halogens is 1. The Morgan fingerprint density at radius 3 is 2.69 bits per heavy atom. The van der Waals surface area contributed by atoms with E-state index in [9.17, 15) is 9.90 Å². The van der Waals surface area contributed by atoms with Crippen LogP contribution in [0.3, 0.4) is 0 Å². The van der Waals surface area contributed by atoms with E-state index in [4.69, 9.17) is 5.11 Å². The Morgan fingerprint density at radius 1 is 1.38 bits per heavy atom. The molecule has 0 aliphatic heterocycles. The van der Waals surface area contributed by atoms with Gasteiger partial charge in [0.25, 0.3) is 0 Å². The van der Waals surface area contributed by atoms with Crippen LogP contribution in [-0.2, 0) is 0 Å². The molecule has 1 aromatic heterocycles. The van der Waals surface area contributed by atoms with Crippen LogP contribution in [0.15, 0.2) is 34.9 Å². The van der Waals surface area contributed by atoms with Gasteiger partial charge >= 0.3 is 5.97 Å². The van der Waals surface area contributed by atoms with Crippen molar-refractivity contribution in [1.29, 1.82) is 0 Å². The van der Waals surface area contributed by atoms with Crippen LogP contribution in [0.1, 0.15) is 10.5 Å². The molecule has 1 aromatic carbocycles. The minimum Gasteiger partial charge on any atom is -0.508 e. The molecule has 0 fully saturated rings. The number of aromatic nitrogens is 2. The number of aromatic carboxylic acids is 1. The smallest absolute Gasteiger partial charge is 0.356 e. The number of carbonyl (C=O) groups is 1. The lowest BCUT2D eigenvalue weighted by atomic mass is 10.3. The third-order valence-corrected chi connectivity index (χ3v) is 2.52. The fourth-order valence-corrected chi connectivity index (χ4v) is 1.77. The van der Waals surface area contributed by atoms with E-state index in [1.807, 2.05) is 0 Å². The van der Waals surface area contributed by atoms with Gasteiger partial charge in [-0.2, -0.15) is 5.10 Å². The summed E-state index contributed by atoms with van der Waals surface area (Å²) in [7, 11) is 0. The Hall–Kier alpha value is -1.82. The first-order valence-electron chi connectivity index (χ1n) is 4.36. The van der Waals surface area contributed by atoms with Crippen LogP contribution < -0.4 is 0 Å². The van der Waals surface area contributed by atoms with Gasteiger partial charge in [0.2, 0.25) is 0 Å². The highest BCUT2D eigenvalue weighted by Crippen LogP contribution is 2.20. The van der Waals surface area contributed by atoms with Gasteiger partial charge in [0.05, 0.1) is 5.69 Å². The number of carboxylic acid groups (broad SMARTS) is 1. The summed E-state index contributed by atoms with van der Waals surface area (Å²) in [5.41, 5.74) is 0.523. The van der Waals surface area contributed by atoms with E-state index < -0.39 is 5.97 Å². The zero-order valence-electron chi connectivity index (χ0n) is 7.96. The molecule has 82 valence electrons. The first-order chi connectivity index (χ1) is 7.58. The molecular weight excluding hydrogens is 276 g/mol. The lowest BCUT2D eigenvalue weighted by molar-refractivity contribution is 0.0690. The summed E-state index contributed by atoms with van der Waals surface area (Å²) in [6.45, 7) is 0. The lowest BCUT2D eigenvalue weighted by Crippen LogP contribution is -2.01. The van der Waals surface area contributed by atoms with Crippen molar-refractivity contribution >= 4 is 21.9 Å². The number of hydrogen-bond donors (Lipinski definition) is 2. The largest absolute Gasteiger partial charge is 0.508 e. The summed E-state index contributed by atoms with van der Waals surface area (Å²) >= 11 is 3.20. The maximum Gasteiger partial charge on any atom is 0.356 e. The Morgan fingerprint density at radius 2 is 2.12 bits per heavy atom. The first-order valence-corrected chi connectivity index (χ1v) is 5.15. The molecule has 5 nitrogen and oxygen atoms in total. The van der Waals surface area contributed by atoms with E-state index in [0.29, 0.717) is 10.3 Å². The van der Waals surface area contributed by atoms with Crippen molar-refractivity contribution in [2.75, 3.05) is 0 Å². The number of carboxylic acids is 1. The SMILES string of the molecule is O=C(O)c1cc(Br)n(-c2cccc(O)c2)n1. The van der Waals surface area contributed by atoms with Gasteiger partial charge in [-0.3, -0.25) is 0 Å². The Balaban J connectivity index is 2.52. The average Bonchev–Trinajstić information content (AvgIpc) is 2.60. The molecule has 0 saturated heterocycles. The van der Waals surface area contributed by atoms with Crippen LogP contribution >= 0.6 is 15.9 Å². The van der Waals surface area contributed by atoms with Crippen molar-refractivity contribution in [2.24, 2.45) is 0 Å². The maximum atomic E-state index is 10.7. The van der Waals surface area contributed by atoms with Gasteiger partial charge < -0.3 is 10.2 Å². The number of benzene rings is 1. The maximum absolute atomic E-state index is 10.7. The van der Waals surface area contributed by atoms with Gasteiger partial charge in [0.15, 0.2) is 5.69 Å². The van der Waals surface area contributed by atoms with Gasteiger partial charge in [0, 0.05) is 12.1 Å². The summed E-state index contributed by atoms with van der Waals surface area (Å²) in [6, 6.07) is 7.77. The van der Waals surface area contributed by atoms with E-state index in [0.717, 1.165) is 0 Å². The second-order valence-electron chi connectivity index (χ2n) is 3.09. The molecule has 0 radical (unpaired) electrons. The molecule has 0 aliphatic carbocycles. The second-order valence-corrected chi connectivity index (χ2v) is 3.90. The number of hydrogen-bond acceptors (Lipinski definition) is 3. The van der Waals surface area contributed by atoms with Crippen molar-refractivity contribution in [2.45, 2.75) is 0 Å². The normalized spacial score (nSPS) is 10.3. The monoisotopic (exact) mass is 282 g/mol. The predicted molar refractivity (Wildman–Crippen MR) is 59.9 cm³/mol. The molecule has 16 heavy (non-hydrogen) atoms. The first kappa shape index (κ1) is 10.7. The van der Waals surface area contributed by atoms with E-state index in [1.54, 1.807) is 12.1 Å². The molecular formula is C10H7BrN2O3. The molecule has 0 atom stereocenters. The quantitative estimate of drug-likeness (QED) is 0.884. The molecule has 0 spiro atoms. The predicted octanol–water partition coefficient (Wildman–Crippen LogP) is 2.04. The van der Waals surface area contributed by atoms with Crippen molar-refractivity contribution < 1.29 is 15.0 Å². The Kier molecular flexibility index (Phi) is 2.66. The second kappa shape index (κ2) is 3.97. The number of nitrogens with zero attached hydrogens (tertiary/aromatic N) is 2. The van der Waals surface area contributed by atoms with Gasteiger partial charge in [0.1, 0.15) is 10.4 Å². The van der Waals surface area contributed by atoms with E-state index in [2.05, 4.69) is 21.0 Å². The molecule has 0 aliphatic rings. The molecule has 6 heteroatoms. The molecule has 2 aromatic rings. The van der Waals surface area contributed by atoms with Crippen LogP contribution in [-0.4, -0.2) is 26.0 Å². The van der Waals surface area contributed by atoms with Crippen molar-refractivity contribution in [3.05, 3.63) is 40.6 Å². The summed E-state index contributed by atoms with van der Waals surface area (Å²) < 4.78 is 1.90. The van der Waals surface area contributed by atoms with Crippen molar-refractivity contribution in [3.63, 3.8) is 0 Å². The summed E-state index contributed by atoms with van der Waals surface area (Å²) in [5, 5.41) is 22.0. The van der Waals surface area contributed by atoms with Gasteiger partial charge in [-0.15, -0.1) is 0 Å². The van der Waals surface area contributed by atoms with Crippen molar-refractivity contribution in [1.82, 2.24) is 9.78 Å². The molecule has 2 rings (SSSR count). The van der Waals surface area contributed by atoms with Gasteiger partial charge in [-0.25, -0.2) is 9.48 Å². The van der Waals surface area contributed by atoms with E-state index in [1.165, 1.54) is 22.9 Å². The van der Waals surface area contributed by atoms with Crippen molar-refractivity contribution in [3.8, 4) is 11.4 Å². The van der Waals surface area contributed by atoms with Crippen LogP contribution in [0.25, 0.3) is 5.69 Å². The summed E-state index contributed by atoms with van der Waals surface area (Å²) in [6.07, 6.45) is 0. The highest BCUT2D eigenvalue weighted by molar-refractivity contribution is 9.10. The molecule has 0 unspecified atom stereocenters. The number of phenols is 1. The molecule has 2 N–H and O–H groups in total. The standard InChI is InChI=1S/C10H7BrN2O3/c11-9-5-8(10(15)16)12-13(9)6-2-1-3-7(14)4-6/h1-5,14H,(H,15,16). The topological polar surface area (TPSA) is 75.3 Å². The number of phenolic OH excluding ortho intramolecular Hbond substituents is 1. The van der Waals surface area contributed by atoms with E-state index >= 15 is 0 Å². The fourth-order valence-electron chi connectivity index (χ4n) is 1.27. The molecule has 0 bridgehead atoms. The average molecular weight is 283 g/mol. The van der Waals surface area contributed by atoms with Crippen LogP contribution in [0.2, 0.25) is 0 Å². The Bertz CT molecular complexity index is 551. The van der Waals surface area contributed by atoms with Crippen LogP contribution in [0, 0.1) is 0 Å². The van der Waals surface area contributed by atoms with Crippen LogP contribution in [0.5, 0.6) is 5.75 Å². The minimum atomic E-state index is -1.10. The highest BCUT2D eigenvalue weighted by atomic mass is 79.9.